The Hall–Kier alpha value is -3.39. The number of pyridine rings is 1. The molecule has 5 rings (SSSR count). The molecule has 1 amide bonds. The number of amides is 1. The van der Waals surface area contributed by atoms with Crippen molar-refractivity contribution in [2.45, 2.75) is 0 Å². The molecule has 1 aromatic carbocycles. The summed E-state index contributed by atoms with van der Waals surface area (Å²) in [5, 5.41) is 9.88. The Bertz CT molecular complexity index is 1090. The molecule has 138 valence electrons. The van der Waals surface area contributed by atoms with Crippen molar-refractivity contribution >= 4 is 34.2 Å². The van der Waals surface area contributed by atoms with Crippen LogP contribution in [0, 0.1) is 0 Å². The van der Waals surface area contributed by atoms with Crippen LogP contribution in [0.4, 0.5) is 5.69 Å². The number of thioether (sulfide) groups is 1. The number of benzene rings is 1. The van der Waals surface area contributed by atoms with Crippen molar-refractivity contribution in [3.8, 4) is 11.3 Å². The number of hydrogen-bond acceptors (Lipinski definition) is 7. The highest BCUT2D eigenvalue weighted by atomic mass is 32.2. The first-order valence-corrected chi connectivity index (χ1v) is 9.63. The Kier molecular flexibility index (Phi) is 4.17. The van der Waals surface area contributed by atoms with Gasteiger partial charge in [0.05, 0.1) is 12.2 Å². The number of nitrogens with one attached hydrogen (secondary N) is 1. The van der Waals surface area contributed by atoms with Crippen molar-refractivity contribution in [3.05, 3.63) is 71.5 Å². The van der Waals surface area contributed by atoms with E-state index in [1.807, 2.05) is 30.3 Å². The summed E-state index contributed by atoms with van der Waals surface area (Å²) in [7, 11) is 0. The zero-order valence-corrected chi connectivity index (χ0v) is 15.5. The van der Waals surface area contributed by atoms with E-state index >= 15 is 0 Å². The van der Waals surface area contributed by atoms with E-state index in [-0.39, 0.29) is 11.6 Å². The number of anilines is 1. The predicted octanol–water partition coefficient (Wildman–Crippen LogP) is 3.71. The van der Waals surface area contributed by atoms with E-state index in [0.29, 0.717) is 11.4 Å². The van der Waals surface area contributed by atoms with E-state index in [1.54, 1.807) is 36.3 Å². The van der Waals surface area contributed by atoms with Crippen LogP contribution in [0.3, 0.4) is 0 Å². The molecule has 0 saturated heterocycles. The standard InChI is InChI=1S/C20H15N5O2S/c26-19(16-10-18(27-24-16)14-2-1-7-21-11-14)23-15-5-3-13(4-6-15)17-12-28-20-22-8-9-25(17)20/h1-7,10-12H,8-9H2,(H,23,26). The van der Waals surface area contributed by atoms with Crippen molar-refractivity contribution in [1.82, 2.24) is 15.0 Å². The average molecular weight is 389 g/mol. The minimum Gasteiger partial charge on any atom is -0.355 e. The Balaban J connectivity index is 1.28. The van der Waals surface area contributed by atoms with Crippen molar-refractivity contribution in [3.63, 3.8) is 0 Å². The highest BCUT2D eigenvalue weighted by molar-refractivity contribution is 8.16. The molecule has 2 aromatic heterocycles. The number of rotatable bonds is 4. The third-order valence-electron chi connectivity index (χ3n) is 4.50. The van der Waals surface area contributed by atoms with Crippen LogP contribution in [0.1, 0.15) is 16.1 Å². The second-order valence-electron chi connectivity index (χ2n) is 6.29. The third kappa shape index (κ3) is 3.07. The Labute approximate surface area is 165 Å². The fourth-order valence-corrected chi connectivity index (χ4v) is 4.06. The molecule has 0 unspecified atom stereocenters. The van der Waals surface area contributed by atoms with Crippen LogP contribution in [0.2, 0.25) is 0 Å². The number of hydrogen-bond donors (Lipinski definition) is 1. The smallest absolute Gasteiger partial charge is 0.277 e. The molecule has 0 aliphatic carbocycles. The third-order valence-corrected chi connectivity index (χ3v) is 5.40. The van der Waals surface area contributed by atoms with E-state index < -0.39 is 0 Å². The summed E-state index contributed by atoms with van der Waals surface area (Å²) >= 11 is 1.65. The van der Waals surface area contributed by atoms with Gasteiger partial charge >= 0.3 is 0 Å². The first-order chi connectivity index (χ1) is 13.8. The maximum absolute atomic E-state index is 12.5. The summed E-state index contributed by atoms with van der Waals surface area (Å²) in [5.41, 5.74) is 3.93. The molecule has 8 heteroatoms. The van der Waals surface area contributed by atoms with Crippen molar-refractivity contribution in [2.24, 2.45) is 4.99 Å². The first kappa shape index (κ1) is 16.8. The highest BCUT2D eigenvalue weighted by Gasteiger charge is 2.26. The summed E-state index contributed by atoms with van der Waals surface area (Å²) in [6.07, 6.45) is 3.34. The molecular formula is C20H15N5O2S. The number of carbonyl (C=O) groups excluding carboxylic acids is 1. The highest BCUT2D eigenvalue weighted by Crippen LogP contribution is 2.35. The molecule has 2 aliphatic heterocycles. The van der Waals surface area contributed by atoms with Gasteiger partial charge in [-0.15, -0.1) is 0 Å². The summed E-state index contributed by atoms with van der Waals surface area (Å²) in [5.74, 6) is 0.179. The Morgan fingerprint density at radius 2 is 2.07 bits per heavy atom. The molecule has 0 saturated carbocycles. The van der Waals surface area contributed by atoms with Crippen molar-refractivity contribution in [2.75, 3.05) is 18.4 Å². The van der Waals surface area contributed by atoms with Gasteiger partial charge in [0.2, 0.25) is 0 Å². The number of aromatic nitrogens is 2. The fourth-order valence-electron chi connectivity index (χ4n) is 3.09. The van der Waals surface area contributed by atoms with Crippen molar-refractivity contribution in [1.29, 1.82) is 0 Å². The molecule has 0 fully saturated rings. The van der Waals surface area contributed by atoms with E-state index in [4.69, 9.17) is 4.52 Å². The maximum atomic E-state index is 12.5. The largest absolute Gasteiger partial charge is 0.355 e. The summed E-state index contributed by atoms with van der Waals surface area (Å²) in [6.45, 7) is 1.75. The lowest BCUT2D eigenvalue weighted by atomic mass is 10.1. The monoisotopic (exact) mass is 389 g/mol. The molecule has 0 radical (unpaired) electrons. The van der Waals surface area contributed by atoms with Gasteiger partial charge < -0.3 is 14.7 Å². The number of nitrogens with zero attached hydrogens (tertiary/aromatic N) is 4. The SMILES string of the molecule is O=C(Nc1ccc(C2=CSC3=NCCN23)cc1)c1cc(-c2cccnc2)on1. The molecule has 7 nitrogen and oxygen atoms in total. The lowest BCUT2D eigenvalue weighted by Crippen LogP contribution is -2.19. The predicted molar refractivity (Wildman–Crippen MR) is 109 cm³/mol. The molecule has 0 bridgehead atoms. The molecule has 28 heavy (non-hydrogen) atoms. The summed E-state index contributed by atoms with van der Waals surface area (Å²) in [4.78, 5) is 23.2. The number of amidine groups is 1. The summed E-state index contributed by atoms with van der Waals surface area (Å²) in [6, 6.07) is 13.0. The second kappa shape index (κ2) is 6.97. The molecule has 2 aliphatic rings. The zero-order chi connectivity index (χ0) is 18.9. The van der Waals surface area contributed by atoms with Crippen LogP contribution in [-0.4, -0.2) is 39.2 Å². The van der Waals surface area contributed by atoms with E-state index in [1.165, 1.54) is 0 Å². The summed E-state index contributed by atoms with van der Waals surface area (Å²) < 4.78 is 5.26. The number of aliphatic imine (C=N–C) groups is 1. The maximum Gasteiger partial charge on any atom is 0.277 e. The zero-order valence-electron chi connectivity index (χ0n) is 14.7. The molecule has 0 spiro atoms. The van der Waals surface area contributed by atoms with Gasteiger partial charge in [-0.05, 0) is 29.8 Å². The average Bonchev–Trinajstić information content (AvgIpc) is 3.46. The molecule has 0 atom stereocenters. The normalized spacial score (nSPS) is 15.2. The lowest BCUT2D eigenvalue weighted by Gasteiger charge is -2.16. The minimum atomic E-state index is -0.323. The molecular weight excluding hydrogens is 374 g/mol. The molecule has 4 heterocycles. The van der Waals surface area contributed by atoms with Crippen LogP contribution in [0.15, 0.2) is 69.8 Å². The van der Waals surface area contributed by atoms with E-state index in [2.05, 4.69) is 30.8 Å². The van der Waals surface area contributed by atoms with Crippen LogP contribution in [0.5, 0.6) is 0 Å². The van der Waals surface area contributed by atoms with E-state index in [9.17, 15) is 4.79 Å². The van der Waals surface area contributed by atoms with Gasteiger partial charge in [0.1, 0.15) is 0 Å². The quantitative estimate of drug-likeness (QED) is 0.732. The van der Waals surface area contributed by atoms with Gasteiger partial charge in [0, 0.05) is 41.7 Å². The minimum absolute atomic E-state index is 0.218. The second-order valence-corrected chi connectivity index (χ2v) is 7.12. The first-order valence-electron chi connectivity index (χ1n) is 8.76. The topological polar surface area (TPSA) is 83.6 Å². The lowest BCUT2D eigenvalue weighted by molar-refractivity contribution is 0.101. The van der Waals surface area contributed by atoms with Crippen LogP contribution in [-0.2, 0) is 0 Å². The Morgan fingerprint density at radius 3 is 2.89 bits per heavy atom. The van der Waals surface area contributed by atoms with Gasteiger partial charge in [-0.2, -0.15) is 0 Å². The number of carbonyl (C=O) groups is 1. The van der Waals surface area contributed by atoms with Gasteiger partial charge in [0.15, 0.2) is 16.6 Å². The van der Waals surface area contributed by atoms with Crippen LogP contribution < -0.4 is 5.32 Å². The van der Waals surface area contributed by atoms with Gasteiger partial charge in [0.25, 0.3) is 5.91 Å². The van der Waals surface area contributed by atoms with Crippen LogP contribution in [0.25, 0.3) is 17.0 Å². The number of fused-ring (bicyclic) bond motifs is 1. The fraction of sp³-hybridized carbons (Fsp3) is 0.100. The van der Waals surface area contributed by atoms with E-state index in [0.717, 1.165) is 35.1 Å². The Morgan fingerprint density at radius 1 is 1.18 bits per heavy atom. The molecule has 3 aromatic rings. The van der Waals surface area contributed by atoms with Crippen LogP contribution >= 0.6 is 11.8 Å². The molecule has 1 N–H and O–H groups in total. The van der Waals surface area contributed by atoms with Gasteiger partial charge in [-0.25, -0.2) is 0 Å². The van der Waals surface area contributed by atoms with Gasteiger partial charge in [-0.1, -0.05) is 29.1 Å². The van der Waals surface area contributed by atoms with Crippen molar-refractivity contribution < 1.29 is 9.32 Å². The van der Waals surface area contributed by atoms with Gasteiger partial charge in [-0.3, -0.25) is 14.8 Å².